The van der Waals surface area contributed by atoms with E-state index in [1.165, 1.54) is 0 Å². The van der Waals surface area contributed by atoms with Gasteiger partial charge in [0.2, 0.25) is 0 Å². The summed E-state index contributed by atoms with van der Waals surface area (Å²) in [4.78, 5) is 0. The molecule has 0 saturated heterocycles. The van der Waals surface area contributed by atoms with E-state index in [-0.39, 0.29) is 5.54 Å². The fourth-order valence-corrected chi connectivity index (χ4v) is 1.47. The smallest absolute Gasteiger partial charge is 0.178 e. The van der Waals surface area contributed by atoms with Gasteiger partial charge in [-0.05, 0) is 26.0 Å². The highest BCUT2D eigenvalue weighted by atomic mass is 15.4. The first kappa shape index (κ1) is 11.8. The lowest BCUT2D eigenvalue weighted by Gasteiger charge is -2.19. The Morgan fingerprint density at radius 3 is 2.76 bits per heavy atom. The van der Waals surface area contributed by atoms with E-state index < -0.39 is 0 Å². The summed E-state index contributed by atoms with van der Waals surface area (Å²) in [5.41, 5.74) is 6.41. The van der Waals surface area contributed by atoms with E-state index in [9.17, 15) is 0 Å². The number of aryl methyl sites for hydroxylation is 1. The number of hydrogen-bond donors (Lipinski definition) is 2. The van der Waals surface area contributed by atoms with E-state index >= 15 is 0 Å². The number of rotatable bonds is 4. The maximum absolute atomic E-state index is 5.91. The number of anilines is 1. The molecule has 0 bridgehead atoms. The molecule has 2 rings (SSSR count). The number of nitrogens with two attached hydrogens (primary N) is 1. The Bertz CT molecular complexity index is 510. The van der Waals surface area contributed by atoms with Crippen LogP contribution in [0.1, 0.15) is 26.6 Å². The second kappa shape index (κ2) is 4.29. The first-order valence-electron chi connectivity index (χ1n) is 5.74. The molecular weight excluding hydrogens is 216 g/mol. The molecule has 0 aliphatic heterocycles. The van der Waals surface area contributed by atoms with E-state index in [0.717, 1.165) is 23.7 Å². The first-order chi connectivity index (χ1) is 7.99. The molecule has 0 unspecified atom stereocenters. The van der Waals surface area contributed by atoms with Crippen LogP contribution in [-0.4, -0.2) is 31.9 Å². The minimum Gasteiger partial charge on any atom is -0.367 e. The van der Waals surface area contributed by atoms with Crippen molar-refractivity contribution in [2.75, 3.05) is 11.9 Å². The average Bonchev–Trinajstić information content (AvgIpc) is 2.67. The monoisotopic (exact) mass is 234 g/mol. The highest BCUT2D eigenvalue weighted by Crippen LogP contribution is 2.08. The van der Waals surface area contributed by atoms with Crippen LogP contribution in [0.3, 0.4) is 0 Å². The Morgan fingerprint density at radius 1 is 1.35 bits per heavy atom. The fraction of sp³-hybridized carbons (Fsp3) is 0.545. The maximum Gasteiger partial charge on any atom is 0.178 e. The molecule has 3 N–H and O–H groups in total. The molecule has 0 saturated carbocycles. The summed E-state index contributed by atoms with van der Waals surface area (Å²) in [6, 6.07) is 3.78. The molecule has 2 heterocycles. The lowest BCUT2D eigenvalue weighted by atomic mass is 10.1. The van der Waals surface area contributed by atoms with Crippen LogP contribution in [0.15, 0.2) is 12.1 Å². The molecule has 0 aliphatic rings. The molecule has 17 heavy (non-hydrogen) atoms. The van der Waals surface area contributed by atoms with E-state index in [1.807, 2.05) is 32.9 Å². The van der Waals surface area contributed by atoms with Gasteiger partial charge in [0, 0.05) is 18.5 Å². The third-order valence-corrected chi connectivity index (χ3v) is 2.37. The molecule has 2 aromatic heterocycles. The van der Waals surface area contributed by atoms with E-state index in [2.05, 4.69) is 20.6 Å². The minimum atomic E-state index is -0.266. The SMILES string of the molecule is CCc1nnc2ccc(NCC(C)(C)N)nn12. The van der Waals surface area contributed by atoms with Gasteiger partial charge in [-0.25, -0.2) is 0 Å². The van der Waals surface area contributed by atoms with Crippen molar-refractivity contribution in [3.8, 4) is 0 Å². The molecule has 0 atom stereocenters. The predicted octanol–water partition coefficient (Wildman–Crippen LogP) is 0.836. The Kier molecular flexibility index (Phi) is 2.97. The molecule has 6 nitrogen and oxygen atoms in total. The lowest BCUT2D eigenvalue weighted by Crippen LogP contribution is -2.39. The van der Waals surface area contributed by atoms with Gasteiger partial charge in [0.15, 0.2) is 11.5 Å². The number of nitrogens with zero attached hydrogens (tertiary/aromatic N) is 4. The van der Waals surface area contributed by atoms with Gasteiger partial charge in [0.25, 0.3) is 0 Å². The molecule has 92 valence electrons. The van der Waals surface area contributed by atoms with Crippen LogP contribution in [0.2, 0.25) is 0 Å². The average molecular weight is 234 g/mol. The van der Waals surface area contributed by atoms with Crippen molar-refractivity contribution in [3.63, 3.8) is 0 Å². The fourth-order valence-electron chi connectivity index (χ4n) is 1.47. The van der Waals surface area contributed by atoms with Gasteiger partial charge in [-0.15, -0.1) is 15.3 Å². The van der Waals surface area contributed by atoms with Crippen LogP contribution < -0.4 is 11.1 Å². The summed E-state index contributed by atoms with van der Waals surface area (Å²) in [6.45, 7) is 6.62. The van der Waals surface area contributed by atoms with Crippen LogP contribution in [0.4, 0.5) is 5.82 Å². The van der Waals surface area contributed by atoms with Gasteiger partial charge in [-0.2, -0.15) is 4.52 Å². The van der Waals surface area contributed by atoms with Crippen molar-refractivity contribution in [2.45, 2.75) is 32.7 Å². The van der Waals surface area contributed by atoms with Crippen LogP contribution in [0.25, 0.3) is 5.65 Å². The van der Waals surface area contributed by atoms with Gasteiger partial charge in [-0.1, -0.05) is 6.92 Å². The maximum atomic E-state index is 5.91. The van der Waals surface area contributed by atoms with Crippen LogP contribution >= 0.6 is 0 Å². The first-order valence-corrected chi connectivity index (χ1v) is 5.74. The number of aromatic nitrogens is 4. The van der Waals surface area contributed by atoms with E-state index in [4.69, 9.17) is 5.73 Å². The molecule has 6 heteroatoms. The molecule has 0 radical (unpaired) electrons. The van der Waals surface area contributed by atoms with E-state index in [1.54, 1.807) is 4.52 Å². The molecular formula is C11H18N6. The summed E-state index contributed by atoms with van der Waals surface area (Å²) in [5.74, 6) is 1.64. The van der Waals surface area contributed by atoms with Gasteiger partial charge in [0.1, 0.15) is 5.82 Å². The minimum absolute atomic E-state index is 0.266. The predicted molar refractivity (Wildman–Crippen MR) is 66.9 cm³/mol. The second-order valence-electron chi connectivity index (χ2n) is 4.80. The summed E-state index contributed by atoms with van der Waals surface area (Å²) in [7, 11) is 0. The van der Waals surface area contributed by atoms with Crippen molar-refractivity contribution in [1.82, 2.24) is 19.8 Å². The topological polar surface area (TPSA) is 81.1 Å². The Hall–Kier alpha value is -1.69. The Balaban J connectivity index is 2.24. The van der Waals surface area contributed by atoms with Crippen molar-refractivity contribution in [2.24, 2.45) is 5.73 Å². The zero-order chi connectivity index (χ0) is 12.5. The molecule has 0 aromatic carbocycles. The highest BCUT2D eigenvalue weighted by molar-refractivity contribution is 5.44. The summed E-state index contributed by atoms with van der Waals surface area (Å²) in [5, 5.41) is 15.7. The Labute approximate surface area is 100 Å². The van der Waals surface area contributed by atoms with Crippen molar-refractivity contribution < 1.29 is 0 Å². The summed E-state index contributed by atoms with van der Waals surface area (Å²) < 4.78 is 1.76. The summed E-state index contributed by atoms with van der Waals surface area (Å²) in [6.07, 6.45) is 0.806. The van der Waals surface area contributed by atoms with Crippen LogP contribution in [-0.2, 0) is 6.42 Å². The third kappa shape index (κ3) is 2.71. The zero-order valence-corrected chi connectivity index (χ0v) is 10.4. The Morgan fingerprint density at radius 2 is 2.12 bits per heavy atom. The van der Waals surface area contributed by atoms with Crippen LogP contribution in [0, 0.1) is 0 Å². The van der Waals surface area contributed by atoms with Crippen LogP contribution in [0.5, 0.6) is 0 Å². The largest absolute Gasteiger partial charge is 0.367 e. The van der Waals surface area contributed by atoms with Crippen molar-refractivity contribution in [3.05, 3.63) is 18.0 Å². The molecule has 2 aromatic rings. The standard InChI is InChI=1S/C11H18N6/c1-4-9-14-15-10-6-5-8(16-17(9)10)13-7-11(2,3)12/h5-6H,4,7,12H2,1-3H3,(H,13,16). The normalized spacial score (nSPS) is 12.0. The van der Waals surface area contributed by atoms with Gasteiger partial charge in [0.05, 0.1) is 0 Å². The van der Waals surface area contributed by atoms with Gasteiger partial charge >= 0.3 is 0 Å². The van der Waals surface area contributed by atoms with Gasteiger partial charge < -0.3 is 11.1 Å². The summed E-state index contributed by atoms with van der Waals surface area (Å²) >= 11 is 0. The molecule has 0 fully saturated rings. The van der Waals surface area contributed by atoms with Crippen molar-refractivity contribution >= 4 is 11.5 Å². The number of fused-ring (bicyclic) bond motifs is 1. The van der Waals surface area contributed by atoms with E-state index in [0.29, 0.717) is 6.54 Å². The number of nitrogens with one attached hydrogen (secondary N) is 1. The lowest BCUT2D eigenvalue weighted by molar-refractivity contribution is 0.548. The third-order valence-electron chi connectivity index (χ3n) is 2.37. The quantitative estimate of drug-likeness (QED) is 0.819. The molecule has 0 aliphatic carbocycles. The molecule has 0 spiro atoms. The zero-order valence-electron chi connectivity index (χ0n) is 10.4. The molecule has 0 amide bonds. The van der Waals surface area contributed by atoms with Crippen molar-refractivity contribution in [1.29, 1.82) is 0 Å². The van der Waals surface area contributed by atoms with Gasteiger partial charge in [-0.3, -0.25) is 0 Å². The highest BCUT2D eigenvalue weighted by Gasteiger charge is 2.11. The second-order valence-corrected chi connectivity index (χ2v) is 4.80. The number of hydrogen-bond acceptors (Lipinski definition) is 5.